The van der Waals surface area contributed by atoms with E-state index in [1.807, 2.05) is 36.4 Å². The smallest absolute Gasteiger partial charge is 0.224 e. The number of rotatable bonds is 8. The van der Waals surface area contributed by atoms with Crippen molar-refractivity contribution in [3.8, 4) is 5.75 Å². The van der Waals surface area contributed by atoms with Crippen LogP contribution in [0.1, 0.15) is 29.5 Å². The van der Waals surface area contributed by atoms with Crippen LogP contribution in [0.3, 0.4) is 0 Å². The van der Waals surface area contributed by atoms with Crippen LogP contribution in [0.2, 0.25) is 0 Å². The summed E-state index contributed by atoms with van der Waals surface area (Å²) in [5.74, 6) is 1.58. The summed E-state index contributed by atoms with van der Waals surface area (Å²) in [5.41, 5.74) is 3.38. The minimum atomic E-state index is 0.0759. The van der Waals surface area contributed by atoms with Gasteiger partial charge in [-0.05, 0) is 67.6 Å². The summed E-state index contributed by atoms with van der Waals surface area (Å²) >= 11 is 0. The molecule has 26 heavy (non-hydrogen) atoms. The Morgan fingerprint density at radius 2 is 2.12 bits per heavy atom. The number of carbonyl (C=O) groups excluding carboxylic acids is 1. The molecule has 138 valence electrons. The molecule has 1 aliphatic rings. The summed E-state index contributed by atoms with van der Waals surface area (Å²) in [6.07, 6.45) is 2.67. The molecule has 0 bridgehead atoms. The molecule has 2 aromatic carbocycles. The van der Waals surface area contributed by atoms with Crippen molar-refractivity contribution < 1.29 is 9.53 Å². The molecule has 0 saturated carbocycles. The SMILES string of the molecule is Cc1ccccc1COc1cccc(CC(=O)NCCC2CCNC2)c1. The second-order valence-electron chi connectivity index (χ2n) is 7.04. The predicted molar refractivity (Wildman–Crippen MR) is 104 cm³/mol. The molecule has 4 heteroatoms. The van der Waals surface area contributed by atoms with Gasteiger partial charge in [-0.1, -0.05) is 36.4 Å². The number of benzene rings is 2. The van der Waals surface area contributed by atoms with Crippen molar-refractivity contribution in [2.45, 2.75) is 32.8 Å². The maximum Gasteiger partial charge on any atom is 0.224 e. The van der Waals surface area contributed by atoms with Gasteiger partial charge in [0, 0.05) is 6.54 Å². The number of nitrogens with one attached hydrogen (secondary N) is 2. The number of hydrogen-bond donors (Lipinski definition) is 2. The van der Waals surface area contributed by atoms with Gasteiger partial charge in [0.05, 0.1) is 6.42 Å². The third-order valence-electron chi connectivity index (χ3n) is 4.96. The van der Waals surface area contributed by atoms with Gasteiger partial charge in [-0.15, -0.1) is 0 Å². The van der Waals surface area contributed by atoms with Crippen molar-refractivity contribution in [1.29, 1.82) is 0 Å². The number of amides is 1. The normalized spacial score (nSPS) is 16.4. The van der Waals surface area contributed by atoms with Crippen molar-refractivity contribution in [3.63, 3.8) is 0 Å². The first-order chi connectivity index (χ1) is 12.7. The third kappa shape index (κ3) is 5.60. The zero-order chi connectivity index (χ0) is 18.2. The zero-order valence-electron chi connectivity index (χ0n) is 15.5. The molecule has 2 N–H and O–H groups in total. The third-order valence-corrected chi connectivity index (χ3v) is 4.96. The largest absolute Gasteiger partial charge is 0.489 e. The molecule has 0 spiro atoms. The molecule has 2 aromatic rings. The highest BCUT2D eigenvalue weighted by atomic mass is 16.5. The lowest BCUT2D eigenvalue weighted by Gasteiger charge is -2.11. The van der Waals surface area contributed by atoms with Gasteiger partial charge < -0.3 is 15.4 Å². The molecular formula is C22H28N2O2. The molecule has 4 nitrogen and oxygen atoms in total. The van der Waals surface area contributed by atoms with E-state index in [0.717, 1.165) is 37.4 Å². The predicted octanol–water partition coefficient (Wildman–Crippen LogP) is 3.23. The van der Waals surface area contributed by atoms with Crippen molar-refractivity contribution in [1.82, 2.24) is 10.6 Å². The molecule has 1 fully saturated rings. The van der Waals surface area contributed by atoms with Crippen molar-refractivity contribution in [2.75, 3.05) is 19.6 Å². The van der Waals surface area contributed by atoms with Crippen molar-refractivity contribution in [2.24, 2.45) is 5.92 Å². The quantitative estimate of drug-likeness (QED) is 0.767. The molecule has 3 rings (SSSR count). The van der Waals surface area contributed by atoms with Gasteiger partial charge in [-0.3, -0.25) is 4.79 Å². The first-order valence-electron chi connectivity index (χ1n) is 9.44. The van der Waals surface area contributed by atoms with Gasteiger partial charge in [0.25, 0.3) is 0 Å². The molecule has 1 amide bonds. The standard InChI is InChI=1S/C22H28N2O2/c1-17-5-2-3-7-20(17)16-26-21-8-4-6-19(13-21)14-22(25)24-12-10-18-9-11-23-15-18/h2-8,13,18,23H,9-12,14-16H2,1H3,(H,24,25). The van der Waals surface area contributed by atoms with E-state index in [0.29, 0.717) is 18.9 Å². The molecule has 1 unspecified atom stereocenters. The second kappa shape index (κ2) is 9.39. The van der Waals surface area contributed by atoms with Crippen LogP contribution >= 0.6 is 0 Å². The molecule has 1 saturated heterocycles. The van der Waals surface area contributed by atoms with Crippen LogP contribution in [-0.4, -0.2) is 25.5 Å². The summed E-state index contributed by atoms with van der Waals surface area (Å²) in [6, 6.07) is 16.0. The fraction of sp³-hybridized carbons (Fsp3) is 0.409. The Labute approximate surface area is 156 Å². The average molecular weight is 352 g/mol. The van der Waals surface area contributed by atoms with E-state index in [2.05, 4.69) is 29.7 Å². The lowest BCUT2D eigenvalue weighted by Crippen LogP contribution is -2.27. The minimum Gasteiger partial charge on any atom is -0.489 e. The van der Waals surface area contributed by atoms with Crippen LogP contribution in [0.5, 0.6) is 5.75 Å². The first-order valence-corrected chi connectivity index (χ1v) is 9.44. The molecule has 1 aliphatic heterocycles. The van der Waals surface area contributed by atoms with Gasteiger partial charge in [-0.25, -0.2) is 0 Å². The van der Waals surface area contributed by atoms with Crippen LogP contribution in [0.4, 0.5) is 0 Å². The Bertz CT molecular complexity index is 724. The van der Waals surface area contributed by atoms with Crippen molar-refractivity contribution in [3.05, 3.63) is 65.2 Å². The number of aryl methyl sites for hydroxylation is 1. The van der Waals surface area contributed by atoms with E-state index in [1.165, 1.54) is 17.5 Å². The highest BCUT2D eigenvalue weighted by Gasteiger charge is 2.14. The van der Waals surface area contributed by atoms with Crippen LogP contribution in [0.15, 0.2) is 48.5 Å². The average Bonchev–Trinajstić information content (AvgIpc) is 3.15. The van der Waals surface area contributed by atoms with Crippen LogP contribution in [-0.2, 0) is 17.8 Å². The lowest BCUT2D eigenvalue weighted by atomic mass is 10.1. The van der Waals surface area contributed by atoms with Crippen LogP contribution < -0.4 is 15.4 Å². The van der Waals surface area contributed by atoms with E-state index in [9.17, 15) is 4.79 Å². The van der Waals surface area contributed by atoms with Crippen LogP contribution in [0, 0.1) is 12.8 Å². The summed E-state index contributed by atoms with van der Waals surface area (Å²) in [7, 11) is 0. The summed E-state index contributed by atoms with van der Waals surface area (Å²) < 4.78 is 5.91. The zero-order valence-corrected chi connectivity index (χ0v) is 15.5. The number of ether oxygens (including phenoxy) is 1. The monoisotopic (exact) mass is 352 g/mol. The van der Waals surface area contributed by atoms with Gasteiger partial charge in [0.2, 0.25) is 5.91 Å². The highest BCUT2D eigenvalue weighted by Crippen LogP contribution is 2.17. The molecule has 0 radical (unpaired) electrons. The number of hydrogen-bond acceptors (Lipinski definition) is 3. The maximum atomic E-state index is 12.2. The summed E-state index contributed by atoms with van der Waals surface area (Å²) in [6.45, 7) is 5.57. The molecule has 0 aliphatic carbocycles. The van der Waals surface area contributed by atoms with Gasteiger partial charge in [-0.2, -0.15) is 0 Å². The number of carbonyl (C=O) groups is 1. The molecular weight excluding hydrogens is 324 g/mol. The Morgan fingerprint density at radius 1 is 1.23 bits per heavy atom. The Hall–Kier alpha value is -2.33. The second-order valence-corrected chi connectivity index (χ2v) is 7.04. The van der Waals surface area contributed by atoms with E-state index in [4.69, 9.17) is 4.74 Å². The topological polar surface area (TPSA) is 50.4 Å². The van der Waals surface area contributed by atoms with Gasteiger partial charge in [0.1, 0.15) is 12.4 Å². The van der Waals surface area contributed by atoms with Gasteiger partial charge >= 0.3 is 0 Å². The highest BCUT2D eigenvalue weighted by molar-refractivity contribution is 5.78. The van der Waals surface area contributed by atoms with E-state index < -0.39 is 0 Å². The maximum absolute atomic E-state index is 12.2. The molecule has 1 atom stereocenters. The summed E-state index contributed by atoms with van der Waals surface area (Å²) in [4.78, 5) is 12.2. The van der Waals surface area contributed by atoms with E-state index in [1.54, 1.807) is 0 Å². The molecule has 1 heterocycles. The summed E-state index contributed by atoms with van der Waals surface area (Å²) in [5, 5.41) is 6.39. The van der Waals surface area contributed by atoms with E-state index >= 15 is 0 Å². The lowest BCUT2D eigenvalue weighted by molar-refractivity contribution is -0.120. The Morgan fingerprint density at radius 3 is 2.92 bits per heavy atom. The first kappa shape index (κ1) is 18.5. The fourth-order valence-corrected chi connectivity index (χ4v) is 3.30. The fourth-order valence-electron chi connectivity index (χ4n) is 3.30. The van der Waals surface area contributed by atoms with Crippen LogP contribution in [0.25, 0.3) is 0 Å². The minimum absolute atomic E-state index is 0.0759. The Balaban J connectivity index is 1.45. The molecule has 0 aromatic heterocycles. The van der Waals surface area contributed by atoms with E-state index in [-0.39, 0.29) is 5.91 Å². The van der Waals surface area contributed by atoms with Gasteiger partial charge in [0.15, 0.2) is 0 Å². The van der Waals surface area contributed by atoms with Crippen molar-refractivity contribution >= 4 is 5.91 Å². The Kier molecular flexibility index (Phi) is 6.67.